The Balaban J connectivity index is 2.77. The molecule has 0 radical (unpaired) electrons. The minimum Gasteiger partial charge on any atom is -0.387 e. The second-order valence-corrected chi connectivity index (χ2v) is 6.01. The zero-order valence-electron chi connectivity index (χ0n) is 11.6. The van der Waals surface area contributed by atoms with E-state index in [1.807, 2.05) is 20.0 Å². The lowest BCUT2D eigenvalue weighted by Gasteiger charge is -2.14. The molecule has 0 unspecified atom stereocenters. The zero-order valence-corrected chi connectivity index (χ0v) is 13.2. The first-order chi connectivity index (χ1) is 8.93. The number of aromatic nitrogens is 1. The predicted octanol–water partition coefficient (Wildman–Crippen LogP) is 5.09. The molecule has 4 heteroatoms. The molecule has 19 heavy (non-hydrogen) atoms. The lowest BCUT2D eigenvalue weighted by atomic mass is 10.0. The predicted molar refractivity (Wildman–Crippen MR) is 84.6 cm³/mol. The van der Waals surface area contributed by atoms with Gasteiger partial charge in [-0.3, -0.25) is 4.98 Å². The van der Waals surface area contributed by atoms with Gasteiger partial charge in [0.15, 0.2) is 0 Å². The van der Waals surface area contributed by atoms with Crippen LogP contribution in [0.3, 0.4) is 0 Å². The quantitative estimate of drug-likeness (QED) is 0.853. The first-order valence-corrected chi connectivity index (χ1v) is 7.15. The molecule has 1 heterocycles. The highest BCUT2D eigenvalue weighted by atomic mass is 35.5. The number of nitrogens with zero attached hydrogens (tertiary/aromatic N) is 1. The molecule has 0 bridgehead atoms. The highest BCUT2D eigenvalue weighted by Gasteiger charge is 2.14. The smallest absolute Gasteiger partial charge is 0.0927 e. The molecule has 102 valence electrons. The molecule has 0 aliphatic carbocycles. The monoisotopic (exact) mass is 296 g/mol. The second-order valence-electron chi connectivity index (χ2n) is 5.22. The Labute approximate surface area is 124 Å². The zero-order chi connectivity index (χ0) is 14.2. The molecule has 0 fully saturated rings. The van der Waals surface area contributed by atoms with Crippen LogP contribution in [-0.4, -0.2) is 12.0 Å². The van der Waals surface area contributed by atoms with E-state index in [2.05, 4.69) is 30.2 Å². The van der Waals surface area contributed by atoms with Gasteiger partial charge in [-0.05, 0) is 37.0 Å². The molecule has 0 aliphatic heterocycles. The number of nitrogens with one attached hydrogen (secondary N) is 1. The van der Waals surface area contributed by atoms with Crippen LogP contribution >= 0.6 is 23.2 Å². The molecule has 2 nitrogen and oxygen atoms in total. The summed E-state index contributed by atoms with van der Waals surface area (Å²) in [5.41, 5.74) is 3.76. The van der Waals surface area contributed by atoms with Gasteiger partial charge in [-0.1, -0.05) is 37.0 Å². The third-order valence-corrected chi connectivity index (χ3v) is 3.87. The Kier molecular flexibility index (Phi) is 4.22. The van der Waals surface area contributed by atoms with E-state index in [1.165, 1.54) is 0 Å². The minimum atomic E-state index is 0.550. The number of anilines is 1. The van der Waals surface area contributed by atoms with Gasteiger partial charge < -0.3 is 5.32 Å². The van der Waals surface area contributed by atoms with Crippen molar-refractivity contribution in [2.75, 3.05) is 12.4 Å². The summed E-state index contributed by atoms with van der Waals surface area (Å²) in [5, 5.41) is 5.47. The summed E-state index contributed by atoms with van der Waals surface area (Å²) < 4.78 is 0. The van der Waals surface area contributed by atoms with Crippen molar-refractivity contribution in [3.05, 3.63) is 33.4 Å². The van der Waals surface area contributed by atoms with Crippen molar-refractivity contribution in [1.29, 1.82) is 0 Å². The van der Waals surface area contributed by atoms with E-state index in [4.69, 9.17) is 23.2 Å². The van der Waals surface area contributed by atoms with E-state index in [0.29, 0.717) is 16.0 Å². The molecular weight excluding hydrogens is 279 g/mol. The summed E-state index contributed by atoms with van der Waals surface area (Å²) >= 11 is 12.7. The van der Waals surface area contributed by atoms with E-state index in [0.717, 1.165) is 34.3 Å². The number of pyridine rings is 1. The molecule has 0 aliphatic rings. The molecule has 0 amide bonds. The number of rotatable bonds is 3. The average molecular weight is 297 g/mol. The van der Waals surface area contributed by atoms with Crippen LogP contribution in [0.1, 0.15) is 25.1 Å². The van der Waals surface area contributed by atoms with Gasteiger partial charge in [-0.15, -0.1) is 0 Å². The molecule has 2 aromatic rings. The molecule has 2 rings (SSSR count). The number of aryl methyl sites for hydroxylation is 1. The summed E-state index contributed by atoms with van der Waals surface area (Å²) in [4.78, 5) is 4.67. The van der Waals surface area contributed by atoms with Crippen molar-refractivity contribution in [3.63, 3.8) is 0 Å². The molecule has 0 spiro atoms. The third-order valence-electron chi connectivity index (χ3n) is 3.09. The summed E-state index contributed by atoms with van der Waals surface area (Å²) in [7, 11) is 1.89. The molecule has 1 aromatic heterocycles. The van der Waals surface area contributed by atoms with Crippen molar-refractivity contribution >= 4 is 39.8 Å². The van der Waals surface area contributed by atoms with Gasteiger partial charge in [0.2, 0.25) is 0 Å². The van der Waals surface area contributed by atoms with Gasteiger partial charge in [0, 0.05) is 23.8 Å². The third kappa shape index (κ3) is 2.80. The Morgan fingerprint density at radius 3 is 2.53 bits per heavy atom. The second kappa shape index (κ2) is 5.56. The van der Waals surface area contributed by atoms with Gasteiger partial charge in [-0.2, -0.15) is 0 Å². The standard InChI is InChI=1S/C15H18Cl2N2/c1-8(2)5-10-7-12(18-4)13-14(17)9(3)6-11(16)15(13)19-10/h6-8H,5H2,1-4H3,(H,18,19). The van der Waals surface area contributed by atoms with E-state index in [-0.39, 0.29) is 0 Å². The van der Waals surface area contributed by atoms with E-state index < -0.39 is 0 Å². The van der Waals surface area contributed by atoms with Crippen molar-refractivity contribution in [2.45, 2.75) is 27.2 Å². The van der Waals surface area contributed by atoms with Gasteiger partial charge >= 0.3 is 0 Å². The van der Waals surface area contributed by atoms with E-state index in [1.54, 1.807) is 0 Å². The fourth-order valence-corrected chi connectivity index (χ4v) is 2.78. The van der Waals surface area contributed by atoms with Gasteiger partial charge in [0.05, 0.1) is 15.6 Å². The highest BCUT2D eigenvalue weighted by molar-refractivity contribution is 6.41. The maximum Gasteiger partial charge on any atom is 0.0927 e. The van der Waals surface area contributed by atoms with Crippen LogP contribution in [0.2, 0.25) is 10.0 Å². The van der Waals surface area contributed by atoms with Crippen LogP contribution in [0.4, 0.5) is 5.69 Å². The molecule has 1 aromatic carbocycles. The maximum absolute atomic E-state index is 6.40. The van der Waals surface area contributed by atoms with Crippen molar-refractivity contribution in [1.82, 2.24) is 4.98 Å². The maximum atomic E-state index is 6.40. The van der Waals surface area contributed by atoms with Crippen LogP contribution in [0, 0.1) is 12.8 Å². The largest absolute Gasteiger partial charge is 0.387 e. The fraction of sp³-hybridized carbons (Fsp3) is 0.400. The Hall–Kier alpha value is -0.990. The number of halogens is 2. The van der Waals surface area contributed by atoms with Crippen LogP contribution in [-0.2, 0) is 6.42 Å². The van der Waals surface area contributed by atoms with Crippen LogP contribution in [0.25, 0.3) is 10.9 Å². The Morgan fingerprint density at radius 2 is 1.95 bits per heavy atom. The fourth-order valence-electron chi connectivity index (χ4n) is 2.23. The normalized spacial score (nSPS) is 11.3. The number of hydrogen-bond acceptors (Lipinski definition) is 2. The molecule has 0 saturated heterocycles. The Morgan fingerprint density at radius 1 is 1.26 bits per heavy atom. The molecule has 0 atom stereocenters. The van der Waals surface area contributed by atoms with Gasteiger partial charge in [0.25, 0.3) is 0 Å². The summed E-state index contributed by atoms with van der Waals surface area (Å²) in [6, 6.07) is 3.93. The summed E-state index contributed by atoms with van der Waals surface area (Å²) in [6.45, 7) is 6.30. The molecule has 0 saturated carbocycles. The van der Waals surface area contributed by atoms with Crippen molar-refractivity contribution < 1.29 is 0 Å². The van der Waals surface area contributed by atoms with Gasteiger partial charge in [0.1, 0.15) is 0 Å². The highest BCUT2D eigenvalue weighted by Crippen LogP contribution is 2.36. The van der Waals surface area contributed by atoms with Crippen LogP contribution in [0.15, 0.2) is 12.1 Å². The summed E-state index contributed by atoms with van der Waals surface area (Å²) in [6.07, 6.45) is 0.923. The summed E-state index contributed by atoms with van der Waals surface area (Å²) in [5.74, 6) is 0.550. The van der Waals surface area contributed by atoms with Gasteiger partial charge in [-0.25, -0.2) is 0 Å². The first-order valence-electron chi connectivity index (χ1n) is 6.40. The Bertz CT molecular complexity index is 621. The number of fused-ring (bicyclic) bond motifs is 1. The average Bonchev–Trinajstić information content (AvgIpc) is 2.34. The van der Waals surface area contributed by atoms with Crippen LogP contribution < -0.4 is 5.32 Å². The number of hydrogen-bond donors (Lipinski definition) is 1. The minimum absolute atomic E-state index is 0.550. The molecular formula is C15H18Cl2N2. The number of benzene rings is 1. The topological polar surface area (TPSA) is 24.9 Å². The van der Waals surface area contributed by atoms with Crippen LogP contribution in [0.5, 0.6) is 0 Å². The van der Waals surface area contributed by atoms with Crippen molar-refractivity contribution in [2.24, 2.45) is 5.92 Å². The lowest BCUT2D eigenvalue weighted by molar-refractivity contribution is 0.637. The van der Waals surface area contributed by atoms with E-state index >= 15 is 0 Å². The van der Waals surface area contributed by atoms with E-state index in [9.17, 15) is 0 Å². The SMILES string of the molecule is CNc1cc(CC(C)C)nc2c(Cl)cc(C)c(Cl)c12. The molecule has 1 N–H and O–H groups in total. The van der Waals surface area contributed by atoms with Crippen molar-refractivity contribution in [3.8, 4) is 0 Å². The first kappa shape index (κ1) is 14.4. The lowest BCUT2D eigenvalue weighted by Crippen LogP contribution is -2.01.